The number of methoxy groups -OCH3 is 1. The zero-order valence-corrected chi connectivity index (χ0v) is 16.1. The van der Waals surface area contributed by atoms with E-state index in [-0.39, 0.29) is 17.0 Å². The van der Waals surface area contributed by atoms with Crippen LogP contribution in [-0.4, -0.2) is 12.9 Å². The number of carbonyl (C=O) groups excluding carboxylic acids is 1. The molecule has 3 heteroatoms. The Morgan fingerprint density at radius 3 is 2.37 bits per heavy atom. The van der Waals surface area contributed by atoms with Gasteiger partial charge in [0.15, 0.2) is 5.78 Å². The summed E-state index contributed by atoms with van der Waals surface area (Å²) in [6.45, 7) is 0. The van der Waals surface area contributed by atoms with Crippen LogP contribution in [0.25, 0.3) is 0 Å². The molecule has 0 radical (unpaired) electrons. The molecule has 136 valence electrons. The van der Waals surface area contributed by atoms with Crippen molar-refractivity contribution in [1.29, 1.82) is 0 Å². The molecule has 0 aromatic heterocycles. The van der Waals surface area contributed by atoms with Crippen molar-refractivity contribution < 1.29 is 9.53 Å². The number of ether oxygens (including phenoxy) is 1. The van der Waals surface area contributed by atoms with Crippen LogP contribution >= 0.6 is 11.8 Å². The molecule has 2 nitrogen and oxygen atoms in total. The van der Waals surface area contributed by atoms with E-state index in [0.717, 1.165) is 24.2 Å². The van der Waals surface area contributed by atoms with E-state index >= 15 is 0 Å². The Morgan fingerprint density at radius 1 is 0.926 bits per heavy atom. The number of aryl methyl sites for hydroxylation is 1. The minimum absolute atomic E-state index is 0.0292. The highest BCUT2D eigenvalue weighted by atomic mass is 32.2. The van der Waals surface area contributed by atoms with Crippen molar-refractivity contribution >= 4 is 17.5 Å². The van der Waals surface area contributed by atoms with Crippen molar-refractivity contribution in [3.05, 3.63) is 95.6 Å². The van der Waals surface area contributed by atoms with Crippen molar-refractivity contribution in [2.45, 2.75) is 23.0 Å². The number of fused-ring (bicyclic) bond motifs is 1. The lowest BCUT2D eigenvalue weighted by molar-refractivity contribution is 0.0899. The maximum absolute atomic E-state index is 13.3. The van der Waals surface area contributed by atoms with Crippen LogP contribution in [0.1, 0.15) is 33.2 Å². The van der Waals surface area contributed by atoms with Crippen molar-refractivity contribution in [3.8, 4) is 5.75 Å². The SMILES string of the molecule is COc1ccc([C@H](Sc2ccccc2)[C@H]2CCc3ccccc3C2=O)cc1. The molecule has 0 unspecified atom stereocenters. The minimum atomic E-state index is -0.0292. The van der Waals surface area contributed by atoms with Gasteiger partial charge in [-0.25, -0.2) is 0 Å². The van der Waals surface area contributed by atoms with E-state index in [1.165, 1.54) is 16.0 Å². The molecule has 0 spiro atoms. The van der Waals surface area contributed by atoms with Gasteiger partial charge >= 0.3 is 0 Å². The molecule has 0 saturated carbocycles. The Morgan fingerprint density at radius 2 is 1.63 bits per heavy atom. The second-order valence-corrected chi connectivity index (χ2v) is 8.01. The number of Topliss-reactive ketones (excluding diaryl/α,β-unsaturated/α-hetero) is 1. The molecular formula is C24H22O2S. The van der Waals surface area contributed by atoms with Crippen LogP contribution in [0.15, 0.2) is 83.8 Å². The summed E-state index contributed by atoms with van der Waals surface area (Å²) in [5.41, 5.74) is 3.24. The van der Waals surface area contributed by atoms with Crippen LogP contribution in [0.3, 0.4) is 0 Å². The molecule has 3 aromatic rings. The summed E-state index contributed by atoms with van der Waals surface area (Å²) in [7, 11) is 1.67. The third kappa shape index (κ3) is 3.79. The molecule has 0 bridgehead atoms. The fraction of sp³-hybridized carbons (Fsp3) is 0.208. The molecule has 27 heavy (non-hydrogen) atoms. The predicted octanol–water partition coefficient (Wildman–Crippen LogP) is 5.97. The molecule has 0 N–H and O–H groups in total. The molecule has 3 aromatic carbocycles. The van der Waals surface area contributed by atoms with Crippen LogP contribution in [0.4, 0.5) is 0 Å². The van der Waals surface area contributed by atoms with E-state index in [1.807, 2.05) is 48.5 Å². The lowest BCUT2D eigenvalue weighted by atomic mass is 9.79. The van der Waals surface area contributed by atoms with Crippen molar-refractivity contribution in [2.75, 3.05) is 7.11 Å². The first-order chi connectivity index (χ1) is 13.3. The highest BCUT2D eigenvalue weighted by Crippen LogP contribution is 2.45. The van der Waals surface area contributed by atoms with Crippen LogP contribution < -0.4 is 4.74 Å². The van der Waals surface area contributed by atoms with E-state index in [4.69, 9.17) is 4.74 Å². The third-order valence-electron chi connectivity index (χ3n) is 5.16. The van der Waals surface area contributed by atoms with E-state index in [0.29, 0.717) is 0 Å². The van der Waals surface area contributed by atoms with Gasteiger partial charge < -0.3 is 4.74 Å². The molecule has 0 saturated heterocycles. The van der Waals surface area contributed by atoms with E-state index in [2.05, 4.69) is 30.3 Å². The number of thioether (sulfide) groups is 1. The summed E-state index contributed by atoms with van der Waals surface area (Å²) >= 11 is 1.78. The van der Waals surface area contributed by atoms with Gasteiger partial charge in [-0.05, 0) is 48.2 Å². The fourth-order valence-electron chi connectivity index (χ4n) is 3.73. The normalized spacial score (nSPS) is 17.2. The quantitative estimate of drug-likeness (QED) is 0.514. The number of hydrogen-bond acceptors (Lipinski definition) is 3. The van der Waals surface area contributed by atoms with E-state index < -0.39 is 0 Å². The fourth-order valence-corrected chi connectivity index (χ4v) is 5.06. The van der Waals surface area contributed by atoms with Crippen molar-refractivity contribution in [1.82, 2.24) is 0 Å². The first-order valence-electron chi connectivity index (χ1n) is 9.24. The molecule has 1 aliphatic carbocycles. The van der Waals surface area contributed by atoms with Gasteiger partial charge in [0.2, 0.25) is 0 Å². The van der Waals surface area contributed by atoms with E-state index in [9.17, 15) is 4.79 Å². The first kappa shape index (κ1) is 17.9. The predicted molar refractivity (Wildman–Crippen MR) is 111 cm³/mol. The Bertz CT molecular complexity index is 919. The third-order valence-corrected chi connectivity index (χ3v) is 6.56. The number of rotatable bonds is 5. The number of hydrogen-bond donors (Lipinski definition) is 0. The average Bonchev–Trinajstić information content (AvgIpc) is 2.74. The van der Waals surface area contributed by atoms with Gasteiger partial charge in [0.1, 0.15) is 5.75 Å². The Hall–Kier alpha value is -2.52. The number of benzene rings is 3. The van der Waals surface area contributed by atoms with Crippen LogP contribution in [0.5, 0.6) is 5.75 Å². The van der Waals surface area contributed by atoms with Gasteiger partial charge in [0.05, 0.1) is 7.11 Å². The highest BCUT2D eigenvalue weighted by Gasteiger charge is 2.34. The van der Waals surface area contributed by atoms with Gasteiger partial charge in [-0.3, -0.25) is 4.79 Å². The molecule has 1 aliphatic rings. The zero-order chi connectivity index (χ0) is 18.6. The van der Waals surface area contributed by atoms with Crippen molar-refractivity contribution in [2.24, 2.45) is 5.92 Å². The van der Waals surface area contributed by atoms with Gasteiger partial charge in [-0.1, -0.05) is 54.6 Å². The monoisotopic (exact) mass is 374 g/mol. The maximum atomic E-state index is 13.3. The topological polar surface area (TPSA) is 26.3 Å². The number of ketones is 1. The average molecular weight is 375 g/mol. The molecular weight excluding hydrogens is 352 g/mol. The standard InChI is InChI=1S/C24H22O2S/c1-26-19-14-11-18(12-15-19)24(27-20-8-3-2-4-9-20)22-16-13-17-7-5-6-10-21(17)23(22)25/h2-12,14-15,22,24H,13,16H2,1H3/t22-,24-/m0/s1. The minimum Gasteiger partial charge on any atom is -0.497 e. The van der Waals surface area contributed by atoms with E-state index in [1.54, 1.807) is 18.9 Å². The van der Waals surface area contributed by atoms with Crippen LogP contribution in [0.2, 0.25) is 0 Å². The maximum Gasteiger partial charge on any atom is 0.167 e. The molecule has 0 heterocycles. The lowest BCUT2D eigenvalue weighted by Gasteiger charge is -2.30. The largest absolute Gasteiger partial charge is 0.497 e. The Balaban J connectivity index is 1.70. The van der Waals surface area contributed by atoms with Gasteiger partial charge in [-0.2, -0.15) is 0 Å². The van der Waals surface area contributed by atoms with Crippen LogP contribution in [-0.2, 0) is 6.42 Å². The molecule has 0 fully saturated rings. The smallest absolute Gasteiger partial charge is 0.167 e. The Kier molecular flexibility index (Phi) is 5.30. The Labute approximate surface area is 164 Å². The molecule has 0 amide bonds. The second-order valence-electron chi connectivity index (χ2n) is 6.79. The summed E-state index contributed by atoms with van der Waals surface area (Å²) in [5, 5.41) is 0.0826. The summed E-state index contributed by atoms with van der Waals surface area (Å²) in [6, 6.07) is 26.5. The highest BCUT2D eigenvalue weighted by molar-refractivity contribution is 7.99. The second kappa shape index (κ2) is 8.01. The summed E-state index contributed by atoms with van der Waals surface area (Å²) < 4.78 is 5.31. The zero-order valence-electron chi connectivity index (χ0n) is 15.3. The molecule has 2 atom stereocenters. The molecule has 0 aliphatic heterocycles. The summed E-state index contributed by atoms with van der Waals surface area (Å²) in [5.74, 6) is 1.07. The lowest BCUT2D eigenvalue weighted by Crippen LogP contribution is -2.27. The first-order valence-corrected chi connectivity index (χ1v) is 10.1. The van der Waals surface area contributed by atoms with Crippen LogP contribution in [0, 0.1) is 5.92 Å². The summed E-state index contributed by atoms with van der Waals surface area (Å²) in [6.07, 6.45) is 1.83. The van der Waals surface area contributed by atoms with Gasteiger partial charge in [0, 0.05) is 21.6 Å². The van der Waals surface area contributed by atoms with Gasteiger partial charge in [0.25, 0.3) is 0 Å². The summed E-state index contributed by atoms with van der Waals surface area (Å²) in [4.78, 5) is 14.5. The number of carbonyl (C=O) groups is 1. The van der Waals surface area contributed by atoms with Crippen molar-refractivity contribution in [3.63, 3.8) is 0 Å². The molecule has 4 rings (SSSR count). The van der Waals surface area contributed by atoms with Gasteiger partial charge in [-0.15, -0.1) is 11.8 Å².